The molecule has 0 amide bonds. The fourth-order valence-electron chi connectivity index (χ4n) is 3.07. The highest BCUT2D eigenvalue weighted by Crippen LogP contribution is 2.35. The fourth-order valence-corrected chi connectivity index (χ4v) is 3.07. The topological polar surface area (TPSA) is 47.4 Å². The number of carbonyl (C=O) groups is 1. The summed E-state index contributed by atoms with van der Waals surface area (Å²) in [5, 5.41) is 4.35. The molecule has 0 aromatic carbocycles. The van der Waals surface area contributed by atoms with Gasteiger partial charge < -0.3 is 9.64 Å². The SMILES string of the molecule is CCOC(=O)c1cnn(C2CN3CCC2CC3)c1. The molecule has 5 heteroatoms. The second kappa shape index (κ2) is 4.72. The summed E-state index contributed by atoms with van der Waals surface area (Å²) in [6.45, 7) is 5.72. The Hall–Kier alpha value is -1.36. The Morgan fingerprint density at radius 1 is 1.50 bits per heavy atom. The van der Waals surface area contributed by atoms with Gasteiger partial charge in [0, 0.05) is 12.7 Å². The van der Waals surface area contributed by atoms with Gasteiger partial charge in [0.15, 0.2) is 0 Å². The van der Waals surface area contributed by atoms with Crippen LogP contribution in [0.5, 0.6) is 0 Å². The van der Waals surface area contributed by atoms with Crippen LogP contribution in [0.2, 0.25) is 0 Å². The van der Waals surface area contributed by atoms with Crippen molar-refractivity contribution in [2.45, 2.75) is 25.8 Å². The Balaban J connectivity index is 1.75. The van der Waals surface area contributed by atoms with Crippen LogP contribution in [-0.2, 0) is 4.74 Å². The highest BCUT2D eigenvalue weighted by atomic mass is 16.5. The maximum atomic E-state index is 11.6. The second-order valence-electron chi connectivity index (χ2n) is 5.13. The van der Waals surface area contributed by atoms with Gasteiger partial charge in [0.05, 0.1) is 24.4 Å². The van der Waals surface area contributed by atoms with Crippen molar-refractivity contribution in [2.24, 2.45) is 5.92 Å². The molecule has 3 aliphatic heterocycles. The molecule has 1 aromatic heterocycles. The average Bonchev–Trinajstić information content (AvgIpc) is 2.90. The molecule has 4 heterocycles. The van der Waals surface area contributed by atoms with Crippen molar-refractivity contribution < 1.29 is 9.53 Å². The zero-order chi connectivity index (χ0) is 12.5. The Bertz CT molecular complexity index is 435. The van der Waals surface area contributed by atoms with E-state index in [0.717, 1.165) is 6.54 Å². The van der Waals surface area contributed by atoms with Crippen LogP contribution >= 0.6 is 0 Å². The molecule has 0 saturated carbocycles. The predicted molar refractivity (Wildman–Crippen MR) is 66.4 cm³/mol. The number of hydrogen-bond acceptors (Lipinski definition) is 4. The molecule has 18 heavy (non-hydrogen) atoms. The van der Waals surface area contributed by atoms with Gasteiger partial charge in [-0.2, -0.15) is 5.10 Å². The van der Waals surface area contributed by atoms with E-state index in [1.807, 2.05) is 17.8 Å². The lowest BCUT2D eigenvalue weighted by molar-refractivity contribution is 0.0499. The van der Waals surface area contributed by atoms with Crippen molar-refractivity contribution in [2.75, 3.05) is 26.2 Å². The zero-order valence-corrected chi connectivity index (χ0v) is 10.7. The van der Waals surface area contributed by atoms with Gasteiger partial charge in [0.1, 0.15) is 0 Å². The van der Waals surface area contributed by atoms with Crippen molar-refractivity contribution in [1.82, 2.24) is 14.7 Å². The number of esters is 1. The van der Waals surface area contributed by atoms with E-state index in [2.05, 4.69) is 10.00 Å². The van der Waals surface area contributed by atoms with Crippen LogP contribution in [0.25, 0.3) is 0 Å². The number of piperidine rings is 3. The summed E-state index contributed by atoms with van der Waals surface area (Å²) in [5.74, 6) is 0.440. The molecule has 3 aliphatic rings. The summed E-state index contributed by atoms with van der Waals surface area (Å²) in [5.41, 5.74) is 0.563. The molecule has 4 rings (SSSR count). The first-order valence-electron chi connectivity index (χ1n) is 6.71. The molecular weight excluding hydrogens is 230 g/mol. The van der Waals surface area contributed by atoms with E-state index in [0.29, 0.717) is 24.1 Å². The maximum absolute atomic E-state index is 11.6. The molecule has 0 aliphatic carbocycles. The minimum absolute atomic E-state index is 0.273. The molecule has 0 N–H and O–H groups in total. The summed E-state index contributed by atoms with van der Waals surface area (Å²) in [4.78, 5) is 14.1. The summed E-state index contributed by atoms with van der Waals surface area (Å²) in [7, 11) is 0. The minimum Gasteiger partial charge on any atom is -0.462 e. The van der Waals surface area contributed by atoms with Crippen LogP contribution in [0.4, 0.5) is 0 Å². The van der Waals surface area contributed by atoms with Crippen LogP contribution in [-0.4, -0.2) is 46.9 Å². The highest BCUT2D eigenvalue weighted by Gasteiger charge is 2.35. The van der Waals surface area contributed by atoms with E-state index < -0.39 is 0 Å². The molecule has 2 bridgehead atoms. The van der Waals surface area contributed by atoms with Crippen molar-refractivity contribution >= 4 is 5.97 Å². The molecule has 1 atom stereocenters. The molecule has 1 unspecified atom stereocenters. The monoisotopic (exact) mass is 249 g/mol. The molecule has 3 saturated heterocycles. The van der Waals surface area contributed by atoms with E-state index in [-0.39, 0.29) is 5.97 Å². The van der Waals surface area contributed by atoms with E-state index in [4.69, 9.17) is 4.74 Å². The van der Waals surface area contributed by atoms with Crippen LogP contribution < -0.4 is 0 Å². The first-order valence-corrected chi connectivity index (χ1v) is 6.71. The minimum atomic E-state index is -0.273. The number of hydrogen-bond donors (Lipinski definition) is 0. The Labute approximate surface area is 107 Å². The van der Waals surface area contributed by atoms with Gasteiger partial charge >= 0.3 is 5.97 Å². The van der Waals surface area contributed by atoms with Crippen molar-refractivity contribution in [1.29, 1.82) is 0 Å². The lowest BCUT2D eigenvalue weighted by Crippen LogP contribution is -2.48. The van der Waals surface area contributed by atoms with Gasteiger partial charge in [0.25, 0.3) is 0 Å². The molecule has 5 nitrogen and oxygen atoms in total. The van der Waals surface area contributed by atoms with Crippen molar-refractivity contribution in [3.8, 4) is 0 Å². The van der Waals surface area contributed by atoms with Gasteiger partial charge in [-0.25, -0.2) is 4.79 Å². The lowest BCUT2D eigenvalue weighted by Gasteiger charge is -2.44. The quantitative estimate of drug-likeness (QED) is 0.758. The van der Waals surface area contributed by atoms with Gasteiger partial charge in [-0.05, 0) is 38.8 Å². The zero-order valence-electron chi connectivity index (χ0n) is 10.7. The average molecular weight is 249 g/mol. The van der Waals surface area contributed by atoms with E-state index in [9.17, 15) is 4.79 Å². The Kier molecular flexibility index (Phi) is 3.07. The summed E-state index contributed by atoms with van der Waals surface area (Å²) in [6, 6.07) is 0.427. The smallest absolute Gasteiger partial charge is 0.341 e. The van der Waals surface area contributed by atoms with Crippen LogP contribution in [0.1, 0.15) is 36.2 Å². The molecule has 0 spiro atoms. The number of ether oxygens (including phenoxy) is 1. The standard InChI is InChI=1S/C13H19N3O2/c1-2-18-13(17)11-7-14-16(8-11)12-9-15-5-3-10(12)4-6-15/h7-8,10,12H,2-6,9H2,1H3. The third-order valence-electron chi connectivity index (χ3n) is 4.07. The summed E-state index contributed by atoms with van der Waals surface area (Å²) in [6.07, 6.45) is 5.96. The molecular formula is C13H19N3O2. The van der Waals surface area contributed by atoms with E-state index >= 15 is 0 Å². The van der Waals surface area contributed by atoms with Crippen molar-refractivity contribution in [3.05, 3.63) is 18.0 Å². The normalized spacial score (nSPS) is 30.4. The number of nitrogens with zero attached hydrogens (tertiary/aromatic N) is 3. The van der Waals surface area contributed by atoms with Gasteiger partial charge in [-0.3, -0.25) is 4.68 Å². The number of fused-ring (bicyclic) bond motifs is 3. The Morgan fingerprint density at radius 2 is 2.28 bits per heavy atom. The van der Waals surface area contributed by atoms with Gasteiger partial charge in [-0.1, -0.05) is 0 Å². The number of aromatic nitrogens is 2. The number of carbonyl (C=O) groups excluding carboxylic acids is 1. The molecule has 1 aromatic rings. The molecule has 0 radical (unpaired) electrons. The predicted octanol–water partition coefficient (Wildman–Crippen LogP) is 1.33. The second-order valence-corrected chi connectivity index (χ2v) is 5.13. The van der Waals surface area contributed by atoms with E-state index in [1.165, 1.54) is 25.9 Å². The first kappa shape index (κ1) is 11.7. The third kappa shape index (κ3) is 2.03. The Morgan fingerprint density at radius 3 is 2.89 bits per heavy atom. The van der Waals surface area contributed by atoms with Crippen LogP contribution in [0.15, 0.2) is 12.4 Å². The van der Waals surface area contributed by atoms with Gasteiger partial charge in [-0.15, -0.1) is 0 Å². The van der Waals surface area contributed by atoms with Crippen molar-refractivity contribution in [3.63, 3.8) is 0 Å². The third-order valence-corrected chi connectivity index (χ3v) is 4.07. The lowest BCUT2D eigenvalue weighted by atomic mass is 9.84. The molecule has 98 valence electrons. The van der Waals surface area contributed by atoms with Crippen LogP contribution in [0.3, 0.4) is 0 Å². The maximum Gasteiger partial charge on any atom is 0.341 e. The fraction of sp³-hybridized carbons (Fsp3) is 0.692. The van der Waals surface area contributed by atoms with E-state index in [1.54, 1.807) is 6.20 Å². The highest BCUT2D eigenvalue weighted by molar-refractivity contribution is 5.88. The van der Waals surface area contributed by atoms with Gasteiger partial charge in [0.2, 0.25) is 0 Å². The number of rotatable bonds is 3. The summed E-state index contributed by atoms with van der Waals surface area (Å²) >= 11 is 0. The van der Waals surface area contributed by atoms with Crippen LogP contribution in [0, 0.1) is 5.92 Å². The first-order chi connectivity index (χ1) is 8.78. The summed E-state index contributed by atoms with van der Waals surface area (Å²) < 4.78 is 6.95. The molecule has 3 fully saturated rings. The largest absolute Gasteiger partial charge is 0.462 e.